The Hall–Kier alpha value is -2.50. The van der Waals surface area contributed by atoms with Crippen LogP contribution < -0.4 is 5.73 Å². The Labute approximate surface area is 219 Å². The lowest BCUT2D eigenvalue weighted by Gasteiger charge is -2.49. The first-order chi connectivity index (χ1) is 18.0. The fourth-order valence-electron chi connectivity index (χ4n) is 8.33. The predicted molar refractivity (Wildman–Crippen MR) is 144 cm³/mol. The number of nitrogens with zero attached hydrogens (tertiary/aromatic N) is 2. The number of fused-ring (bicyclic) bond motifs is 6. The Kier molecular flexibility index (Phi) is 5.01. The molecular weight excluding hydrogens is 458 g/mol. The summed E-state index contributed by atoms with van der Waals surface area (Å²) in [7, 11) is 0. The number of pyridine rings is 1. The van der Waals surface area contributed by atoms with E-state index in [-0.39, 0.29) is 12.0 Å². The first-order valence-corrected chi connectivity index (χ1v) is 14.5. The van der Waals surface area contributed by atoms with Crippen molar-refractivity contribution in [3.63, 3.8) is 0 Å². The number of hydrogen-bond donors (Lipinski definition) is 1. The zero-order chi connectivity index (χ0) is 24.8. The molecular formula is C32H37N3O2. The molecule has 0 spiro atoms. The van der Waals surface area contributed by atoms with Gasteiger partial charge >= 0.3 is 0 Å². The maximum absolute atomic E-state index is 13.6. The van der Waals surface area contributed by atoms with Gasteiger partial charge < -0.3 is 15.4 Å². The highest BCUT2D eigenvalue weighted by Gasteiger charge is 2.50. The third kappa shape index (κ3) is 3.50. The number of nitrogens with two attached hydrogens (primary N) is 1. The van der Waals surface area contributed by atoms with Crippen LogP contribution in [0.2, 0.25) is 0 Å². The molecule has 4 fully saturated rings. The second-order valence-corrected chi connectivity index (χ2v) is 12.7. The molecule has 5 heteroatoms. The molecule has 6 aliphatic rings. The van der Waals surface area contributed by atoms with Gasteiger partial charge in [0.1, 0.15) is 0 Å². The Morgan fingerprint density at radius 1 is 1.08 bits per heavy atom. The van der Waals surface area contributed by atoms with Gasteiger partial charge in [0.05, 0.1) is 18.9 Å². The van der Waals surface area contributed by atoms with Crippen molar-refractivity contribution in [2.75, 3.05) is 19.8 Å². The summed E-state index contributed by atoms with van der Waals surface area (Å²) in [5, 5.41) is 0. The molecule has 5 nitrogen and oxygen atoms in total. The summed E-state index contributed by atoms with van der Waals surface area (Å²) in [5.74, 6) is 3.11. The minimum absolute atomic E-state index is 0.177. The van der Waals surface area contributed by atoms with Crippen LogP contribution in [0.3, 0.4) is 0 Å². The molecule has 192 valence electrons. The molecule has 1 aromatic heterocycles. The molecule has 1 aromatic carbocycles. The molecule has 2 aliphatic heterocycles. The topological polar surface area (TPSA) is 68.5 Å². The van der Waals surface area contributed by atoms with Crippen LogP contribution in [-0.4, -0.2) is 41.6 Å². The van der Waals surface area contributed by atoms with Crippen molar-refractivity contribution in [1.82, 2.24) is 9.88 Å². The van der Waals surface area contributed by atoms with Gasteiger partial charge in [-0.05, 0) is 102 Å². The number of amides is 1. The lowest BCUT2D eigenvalue weighted by Crippen LogP contribution is -2.55. The van der Waals surface area contributed by atoms with Gasteiger partial charge in [-0.25, -0.2) is 0 Å². The van der Waals surface area contributed by atoms with Crippen LogP contribution in [0.25, 0.3) is 16.7 Å². The molecule has 2 bridgehead atoms. The summed E-state index contributed by atoms with van der Waals surface area (Å²) in [6.07, 6.45) is 11.3. The van der Waals surface area contributed by atoms with Crippen molar-refractivity contribution in [1.29, 1.82) is 0 Å². The van der Waals surface area contributed by atoms with Gasteiger partial charge in [-0.15, -0.1) is 0 Å². The van der Waals surface area contributed by atoms with Gasteiger partial charge in [-0.2, -0.15) is 0 Å². The largest absolute Gasteiger partial charge is 0.381 e. The average molecular weight is 496 g/mol. The van der Waals surface area contributed by atoms with E-state index < -0.39 is 0 Å². The SMILES string of the molecule is CC1=CC2CC2c2ncc(-c3cc4c(c([C@@H]5CCCC5N)c3)CN(C(=O)C3C5COCC3C5)CC4)cc21. The van der Waals surface area contributed by atoms with Gasteiger partial charge in [0.25, 0.3) is 0 Å². The standard InChI is InChI=1S/C32H37N3O2/c1-17-7-20-11-26(20)31-25(17)12-21(13-34-31)19-8-18-5-6-35(32(36)30-22-9-23(30)16-37-15-22)14-28(18)27(10-19)24-3-2-4-29(24)33/h7-8,10,12-13,20,22-24,26,29-30H,2-6,9,11,14-16,33H2,1H3/t20?,22?,23?,24-,26?,29?,30?/m0/s1. The normalized spacial score (nSPS) is 35.1. The van der Waals surface area contributed by atoms with Crippen molar-refractivity contribution in [2.24, 2.45) is 29.4 Å². The van der Waals surface area contributed by atoms with E-state index >= 15 is 0 Å². The van der Waals surface area contributed by atoms with Crippen LogP contribution in [0.5, 0.6) is 0 Å². The smallest absolute Gasteiger partial charge is 0.226 e. The molecule has 6 atom stereocenters. The summed E-state index contributed by atoms with van der Waals surface area (Å²) < 4.78 is 5.67. The number of carbonyl (C=O) groups excluding carboxylic acids is 1. The quantitative estimate of drug-likeness (QED) is 0.648. The zero-order valence-electron chi connectivity index (χ0n) is 21.8. The number of hydrogen-bond acceptors (Lipinski definition) is 4. The van der Waals surface area contributed by atoms with Crippen LogP contribution in [0.15, 0.2) is 30.5 Å². The number of aromatic nitrogens is 1. The van der Waals surface area contributed by atoms with Crippen molar-refractivity contribution in [3.05, 3.63) is 58.4 Å². The second kappa shape index (κ2) is 8.25. The minimum Gasteiger partial charge on any atom is -0.381 e. The Balaban J connectivity index is 1.16. The fraction of sp³-hybridized carbons (Fsp3) is 0.562. The molecule has 4 aliphatic carbocycles. The van der Waals surface area contributed by atoms with Crippen LogP contribution in [0, 0.1) is 23.7 Å². The van der Waals surface area contributed by atoms with E-state index in [1.54, 1.807) is 0 Å². The third-order valence-electron chi connectivity index (χ3n) is 10.6. The van der Waals surface area contributed by atoms with E-state index in [0.29, 0.717) is 35.5 Å². The maximum atomic E-state index is 13.6. The predicted octanol–water partition coefficient (Wildman–Crippen LogP) is 5.03. The Bertz CT molecular complexity index is 1320. The highest BCUT2D eigenvalue weighted by Crippen LogP contribution is 2.54. The first-order valence-electron chi connectivity index (χ1n) is 14.5. The van der Waals surface area contributed by atoms with Crippen LogP contribution in [0.4, 0.5) is 0 Å². The van der Waals surface area contributed by atoms with Gasteiger partial charge in [0.2, 0.25) is 5.91 Å². The number of benzene rings is 1. The molecule has 2 N–H and O–H groups in total. The number of ether oxygens (including phenoxy) is 1. The van der Waals surface area contributed by atoms with E-state index in [9.17, 15) is 4.79 Å². The molecule has 37 heavy (non-hydrogen) atoms. The van der Waals surface area contributed by atoms with E-state index in [1.165, 1.54) is 57.5 Å². The van der Waals surface area contributed by atoms with Gasteiger partial charge in [0.15, 0.2) is 0 Å². The van der Waals surface area contributed by atoms with Crippen molar-refractivity contribution >= 4 is 11.5 Å². The third-order valence-corrected chi connectivity index (χ3v) is 10.6. The fourth-order valence-corrected chi connectivity index (χ4v) is 8.33. The monoisotopic (exact) mass is 495 g/mol. The lowest BCUT2D eigenvalue weighted by atomic mass is 9.63. The maximum Gasteiger partial charge on any atom is 0.226 e. The van der Waals surface area contributed by atoms with Crippen LogP contribution in [0.1, 0.15) is 78.8 Å². The molecule has 5 unspecified atom stereocenters. The first kappa shape index (κ1) is 22.5. The molecule has 8 rings (SSSR count). The van der Waals surface area contributed by atoms with Crippen LogP contribution in [-0.2, 0) is 22.5 Å². The zero-order valence-corrected chi connectivity index (χ0v) is 21.8. The van der Waals surface area contributed by atoms with E-state index in [0.717, 1.165) is 52.0 Å². The summed E-state index contributed by atoms with van der Waals surface area (Å²) in [5.41, 5.74) is 17.3. The van der Waals surface area contributed by atoms with Gasteiger partial charge in [-0.1, -0.05) is 24.6 Å². The van der Waals surface area contributed by atoms with Gasteiger partial charge in [0, 0.05) is 42.7 Å². The minimum atomic E-state index is 0.177. The van der Waals surface area contributed by atoms with E-state index in [2.05, 4.69) is 42.3 Å². The summed E-state index contributed by atoms with van der Waals surface area (Å²) in [4.78, 5) is 20.8. The Morgan fingerprint density at radius 3 is 2.73 bits per heavy atom. The Morgan fingerprint density at radius 2 is 1.95 bits per heavy atom. The highest BCUT2D eigenvalue weighted by molar-refractivity contribution is 5.81. The van der Waals surface area contributed by atoms with Crippen molar-refractivity contribution in [2.45, 2.75) is 69.9 Å². The summed E-state index contributed by atoms with van der Waals surface area (Å²) >= 11 is 0. The van der Waals surface area contributed by atoms with Crippen LogP contribution >= 0.6 is 0 Å². The highest BCUT2D eigenvalue weighted by atomic mass is 16.5. The van der Waals surface area contributed by atoms with Crippen molar-refractivity contribution in [3.8, 4) is 11.1 Å². The molecule has 3 saturated carbocycles. The molecule has 1 amide bonds. The average Bonchev–Trinajstić information content (AvgIpc) is 3.57. The lowest BCUT2D eigenvalue weighted by molar-refractivity contribution is -0.165. The molecule has 0 radical (unpaired) electrons. The van der Waals surface area contributed by atoms with E-state index in [1.807, 2.05) is 0 Å². The van der Waals surface area contributed by atoms with E-state index in [4.69, 9.17) is 15.5 Å². The van der Waals surface area contributed by atoms with Gasteiger partial charge in [-0.3, -0.25) is 9.78 Å². The van der Waals surface area contributed by atoms with Crippen molar-refractivity contribution < 1.29 is 9.53 Å². The number of rotatable bonds is 3. The second-order valence-electron chi connectivity index (χ2n) is 12.7. The number of carbonyl (C=O) groups is 1. The molecule has 3 heterocycles. The number of allylic oxidation sites excluding steroid dienone is 2. The molecule has 1 saturated heterocycles. The summed E-state index contributed by atoms with van der Waals surface area (Å²) in [6.45, 7) is 5.30. The molecule has 2 aromatic rings. The summed E-state index contributed by atoms with van der Waals surface area (Å²) in [6, 6.07) is 7.36.